The average Bonchev–Trinajstić information content (AvgIpc) is 2.36. The molecule has 0 unspecified atom stereocenters. The lowest BCUT2D eigenvalue weighted by atomic mass is 9.95. The van der Waals surface area contributed by atoms with Crippen LogP contribution in [-0.4, -0.2) is 32.1 Å². The number of hydrogen-bond acceptors (Lipinski definition) is 3. The highest BCUT2D eigenvalue weighted by molar-refractivity contribution is 9.10. The van der Waals surface area contributed by atoms with Crippen LogP contribution in [0.5, 0.6) is 5.75 Å². The van der Waals surface area contributed by atoms with Gasteiger partial charge in [-0.2, -0.15) is 5.26 Å². The van der Waals surface area contributed by atoms with Crippen LogP contribution in [-0.2, 0) is 6.42 Å². The van der Waals surface area contributed by atoms with Gasteiger partial charge in [0.2, 0.25) is 0 Å². The van der Waals surface area contributed by atoms with Crippen LogP contribution in [0.4, 0.5) is 0 Å². The molecule has 0 radical (unpaired) electrons. The zero-order valence-electron chi connectivity index (χ0n) is 12.0. The van der Waals surface area contributed by atoms with Crippen molar-refractivity contribution in [3.05, 3.63) is 28.2 Å². The van der Waals surface area contributed by atoms with Crippen LogP contribution in [0.25, 0.3) is 0 Å². The number of nitriles is 1. The number of ether oxygens (including phenoxy) is 1. The van der Waals surface area contributed by atoms with Crippen molar-refractivity contribution in [1.82, 2.24) is 4.90 Å². The van der Waals surface area contributed by atoms with E-state index in [1.165, 1.54) is 5.56 Å². The Morgan fingerprint density at radius 1 is 1.42 bits per heavy atom. The summed E-state index contributed by atoms with van der Waals surface area (Å²) in [5.74, 6) is 0.913. The van der Waals surface area contributed by atoms with Gasteiger partial charge in [-0.1, -0.05) is 15.9 Å². The smallest absolute Gasteiger partial charge is 0.122 e. The molecule has 3 nitrogen and oxygen atoms in total. The summed E-state index contributed by atoms with van der Waals surface area (Å²) in [6.45, 7) is 5.59. The van der Waals surface area contributed by atoms with Gasteiger partial charge in [0, 0.05) is 17.6 Å². The first-order valence-electron chi connectivity index (χ1n) is 6.30. The van der Waals surface area contributed by atoms with Gasteiger partial charge in [-0.15, -0.1) is 0 Å². The number of likely N-dealkylation sites (N-methyl/N-ethyl adjacent to an activating group) is 1. The normalized spacial score (nSPS) is 11.4. The molecule has 0 spiro atoms. The Morgan fingerprint density at radius 3 is 2.68 bits per heavy atom. The first-order chi connectivity index (χ1) is 8.88. The summed E-state index contributed by atoms with van der Waals surface area (Å²) in [6.07, 6.45) is 0.903. The summed E-state index contributed by atoms with van der Waals surface area (Å²) in [5, 5.41) is 9.04. The molecule has 1 aromatic rings. The zero-order valence-corrected chi connectivity index (χ0v) is 13.6. The van der Waals surface area contributed by atoms with Crippen LogP contribution in [0.2, 0.25) is 0 Å². The molecule has 0 bridgehead atoms. The molecule has 0 aromatic heterocycles. The van der Waals surface area contributed by atoms with E-state index in [0.29, 0.717) is 0 Å². The van der Waals surface area contributed by atoms with Gasteiger partial charge in [0.25, 0.3) is 0 Å². The van der Waals surface area contributed by atoms with Gasteiger partial charge in [-0.3, -0.25) is 0 Å². The number of rotatable bonds is 6. The molecule has 104 valence electrons. The standard InChI is InChI=1S/C15H21BrN2O/c1-15(2,10-17)11-18(3)8-7-12-9-13(16)5-6-14(12)19-4/h5-6,9H,7-8,11H2,1-4H3. The summed E-state index contributed by atoms with van der Waals surface area (Å²) < 4.78 is 6.42. The molecule has 0 aliphatic carbocycles. The fourth-order valence-electron chi connectivity index (χ4n) is 2.04. The molecule has 0 aliphatic rings. The Labute approximate surface area is 124 Å². The Hall–Kier alpha value is -1.05. The third-order valence-corrected chi connectivity index (χ3v) is 3.47. The maximum atomic E-state index is 9.04. The lowest BCUT2D eigenvalue weighted by molar-refractivity contribution is 0.257. The molecule has 1 aromatic carbocycles. The second kappa shape index (κ2) is 6.93. The molecule has 0 fully saturated rings. The Balaban J connectivity index is 2.62. The van der Waals surface area contributed by atoms with Gasteiger partial charge < -0.3 is 9.64 Å². The molecule has 4 heteroatoms. The van der Waals surface area contributed by atoms with Crippen molar-refractivity contribution in [2.24, 2.45) is 5.41 Å². The molecule has 0 saturated heterocycles. The largest absolute Gasteiger partial charge is 0.496 e. The van der Waals surface area contributed by atoms with E-state index in [1.54, 1.807) is 7.11 Å². The van der Waals surface area contributed by atoms with Crippen molar-refractivity contribution in [1.29, 1.82) is 5.26 Å². The maximum absolute atomic E-state index is 9.04. The van der Waals surface area contributed by atoms with E-state index >= 15 is 0 Å². The van der Waals surface area contributed by atoms with Gasteiger partial charge >= 0.3 is 0 Å². The molecular weight excluding hydrogens is 304 g/mol. The van der Waals surface area contributed by atoms with E-state index in [1.807, 2.05) is 33.0 Å². The van der Waals surface area contributed by atoms with Crippen LogP contribution in [0, 0.1) is 16.7 Å². The first-order valence-corrected chi connectivity index (χ1v) is 7.09. The van der Waals surface area contributed by atoms with Crippen LogP contribution in [0.1, 0.15) is 19.4 Å². The van der Waals surface area contributed by atoms with E-state index in [2.05, 4.69) is 33.0 Å². The second-order valence-corrected chi connectivity index (χ2v) is 6.36. The number of nitrogens with zero attached hydrogens (tertiary/aromatic N) is 2. The minimum absolute atomic E-state index is 0.309. The minimum Gasteiger partial charge on any atom is -0.496 e. The fraction of sp³-hybridized carbons (Fsp3) is 0.533. The van der Waals surface area contributed by atoms with E-state index in [4.69, 9.17) is 10.00 Å². The number of hydrogen-bond donors (Lipinski definition) is 0. The summed E-state index contributed by atoms with van der Waals surface area (Å²) >= 11 is 3.48. The molecule has 0 aliphatic heterocycles. The number of benzene rings is 1. The molecule has 19 heavy (non-hydrogen) atoms. The maximum Gasteiger partial charge on any atom is 0.122 e. The van der Waals surface area contributed by atoms with E-state index in [9.17, 15) is 0 Å². The van der Waals surface area contributed by atoms with Crippen LogP contribution in [0.15, 0.2) is 22.7 Å². The molecule has 0 saturated carbocycles. The van der Waals surface area contributed by atoms with Gasteiger partial charge in [-0.25, -0.2) is 0 Å². The monoisotopic (exact) mass is 324 g/mol. The number of halogens is 1. The predicted octanol–water partition coefficient (Wildman–Crippen LogP) is 3.48. The molecule has 1 rings (SSSR count). The Kier molecular flexibility index (Phi) is 5.84. The summed E-state index contributed by atoms with van der Waals surface area (Å²) in [7, 11) is 3.73. The molecule has 0 N–H and O–H groups in total. The average molecular weight is 325 g/mol. The number of methoxy groups -OCH3 is 1. The zero-order chi connectivity index (χ0) is 14.5. The minimum atomic E-state index is -0.309. The second-order valence-electron chi connectivity index (χ2n) is 5.44. The van der Waals surface area contributed by atoms with E-state index in [0.717, 1.165) is 29.7 Å². The summed E-state index contributed by atoms with van der Waals surface area (Å²) in [6, 6.07) is 8.36. The lowest BCUT2D eigenvalue weighted by Crippen LogP contribution is -2.31. The van der Waals surface area contributed by atoms with Crippen LogP contribution >= 0.6 is 15.9 Å². The molecule has 0 amide bonds. The molecule has 0 atom stereocenters. The van der Waals surface area contributed by atoms with Crippen molar-refractivity contribution in [3.8, 4) is 11.8 Å². The summed E-state index contributed by atoms with van der Waals surface area (Å²) in [4.78, 5) is 2.18. The van der Waals surface area contributed by atoms with Crippen LogP contribution < -0.4 is 4.74 Å². The quantitative estimate of drug-likeness (QED) is 0.803. The lowest BCUT2D eigenvalue weighted by Gasteiger charge is -2.24. The van der Waals surface area contributed by atoms with Gasteiger partial charge in [-0.05, 0) is 51.1 Å². The SMILES string of the molecule is COc1ccc(Br)cc1CCN(C)CC(C)(C)C#N. The fourth-order valence-corrected chi connectivity index (χ4v) is 2.45. The Morgan fingerprint density at radius 2 is 2.11 bits per heavy atom. The molecule has 0 heterocycles. The first kappa shape index (κ1) is 16.0. The van der Waals surface area contributed by atoms with Gasteiger partial charge in [0.1, 0.15) is 5.75 Å². The third-order valence-electron chi connectivity index (χ3n) is 2.97. The van der Waals surface area contributed by atoms with Crippen molar-refractivity contribution >= 4 is 15.9 Å². The van der Waals surface area contributed by atoms with Gasteiger partial charge in [0.05, 0.1) is 18.6 Å². The highest BCUT2D eigenvalue weighted by Crippen LogP contribution is 2.24. The van der Waals surface area contributed by atoms with Crippen molar-refractivity contribution in [2.45, 2.75) is 20.3 Å². The summed E-state index contributed by atoms with van der Waals surface area (Å²) in [5.41, 5.74) is 0.870. The third kappa shape index (κ3) is 5.22. The van der Waals surface area contributed by atoms with Gasteiger partial charge in [0.15, 0.2) is 0 Å². The topological polar surface area (TPSA) is 36.3 Å². The highest BCUT2D eigenvalue weighted by Gasteiger charge is 2.19. The van der Waals surface area contributed by atoms with Crippen molar-refractivity contribution in [3.63, 3.8) is 0 Å². The predicted molar refractivity (Wildman–Crippen MR) is 81.3 cm³/mol. The van der Waals surface area contributed by atoms with Crippen LogP contribution in [0.3, 0.4) is 0 Å². The highest BCUT2D eigenvalue weighted by atomic mass is 79.9. The van der Waals surface area contributed by atoms with E-state index < -0.39 is 0 Å². The van der Waals surface area contributed by atoms with Crippen molar-refractivity contribution in [2.75, 3.05) is 27.2 Å². The molecular formula is C15H21BrN2O. The van der Waals surface area contributed by atoms with Crippen molar-refractivity contribution < 1.29 is 4.74 Å². The Bertz CT molecular complexity index is 466. The van der Waals surface area contributed by atoms with E-state index in [-0.39, 0.29) is 5.41 Å².